The Hall–Kier alpha value is -3.75. The third kappa shape index (κ3) is 6.40. The zero-order valence-electron chi connectivity index (χ0n) is 16.8. The first-order valence-corrected chi connectivity index (χ1v) is 9.19. The second-order valence-corrected chi connectivity index (χ2v) is 6.76. The molecule has 9 heteroatoms. The normalized spacial score (nSPS) is 11.5. The maximum absolute atomic E-state index is 12.4. The van der Waals surface area contributed by atoms with Gasteiger partial charge in [-0.15, -0.1) is 0 Å². The highest BCUT2D eigenvalue weighted by Crippen LogP contribution is 2.17. The first-order chi connectivity index (χ1) is 14.2. The fourth-order valence-electron chi connectivity index (χ4n) is 2.33. The number of benzene rings is 2. The molecule has 2 rings (SSSR count). The van der Waals surface area contributed by atoms with Gasteiger partial charge in [0.05, 0.1) is 4.92 Å². The molecular formula is C21H22N2O7. The van der Waals surface area contributed by atoms with Crippen LogP contribution in [0.25, 0.3) is 0 Å². The molecule has 1 N–H and O–H groups in total. The number of hydrogen-bond donors (Lipinski definition) is 1. The lowest BCUT2D eigenvalue weighted by Gasteiger charge is -2.13. The van der Waals surface area contributed by atoms with Gasteiger partial charge in [0.15, 0.2) is 12.7 Å². The van der Waals surface area contributed by atoms with E-state index in [2.05, 4.69) is 5.32 Å². The number of ketones is 1. The van der Waals surface area contributed by atoms with Crippen LogP contribution in [0, 0.1) is 16.0 Å². The SMILES string of the molecule is CC(C)C(=O)Nc1ccc(C(=O)[C@H](C)OC(=O)COc2ccc([N+](=O)[O-])cc2)cc1. The Balaban J connectivity index is 1.86. The highest BCUT2D eigenvalue weighted by atomic mass is 16.6. The zero-order valence-corrected chi connectivity index (χ0v) is 16.8. The van der Waals surface area contributed by atoms with Crippen molar-refractivity contribution in [3.05, 3.63) is 64.2 Å². The largest absolute Gasteiger partial charge is 0.482 e. The molecule has 0 saturated carbocycles. The monoisotopic (exact) mass is 414 g/mol. The molecule has 0 aromatic heterocycles. The van der Waals surface area contributed by atoms with Crippen LogP contribution in [0.1, 0.15) is 31.1 Å². The number of non-ortho nitro benzene ring substituents is 1. The van der Waals surface area contributed by atoms with Crippen molar-refractivity contribution in [2.45, 2.75) is 26.9 Å². The molecule has 2 aromatic rings. The lowest BCUT2D eigenvalue weighted by atomic mass is 10.1. The first-order valence-electron chi connectivity index (χ1n) is 9.19. The number of hydrogen-bond acceptors (Lipinski definition) is 7. The quantitative estimate of drug-likeness (QED) is 0.289. The molecule has 0 heterocycles. The van der Waals surface area contributed by atoms with Crippen LogP contribution in [0.5, 0.6) is 5.75 Å². The first kappa shape index (κ1) is 22.5. The second-order valence-electron chi connectivity index (χ2n) is 6.76. The zero-order chi connectivity index (χ0) is 22.3. The van der Waals surface area contributed by atoms with E-state index in [1.165, 1.54) is 43.3 Å². The molecule has 30 heavy (non-hydrogen) atoms. The standard InChI is InChI=1S/C21H22N2O7/c1-13(2)21(26)22-16-6-4-15(5-7-16)20(25)14(3)30-19(24)12-29-18-10-8-17(9-11-18)23(27)28/h4-11,13-14H,12H2,1-3H3,(H,22,26)/t14-/m0/s1. The summed E-state index contributed by atoms with van der Waals surface area (Å²) >= 11 is 0. The van der Waals surface area contributed by atoms with Crippen LogP contribution in [-0.2, 0) is 14.3 Å². The van der Waals surface area contributed by atoms with Crippen molar-refractivity contribution in [3.63, 3.8) is 0 Å². The van der Waals surface area contributed by atoms with E-state index in [1.54, 1.807) is 26.0 Å². The Bertz CT molecular complexity index is 921. The molecule has 158 valence electrons. The van der Waals surface area contributed by atoms with E-state index in [0.717, 1.165) is 0 Å². The number of nitro benzene ring substituents is 1. The minimum atomic E-state index is -1.03. The topological polar surface area (TPSA) is 125 Å². The molecule has 0 unspecified atom stereocenters. The summed E-state index contributed by atoms with van der Waals surface area (Å²) in [5.74, 6) is -1.20. The minimum absolute atomic E-state index is 0.0982. The van der Waals surface area contributed by atoms with Crippen LogP contribution in [0.4, 0.5) is 11.4 Å². The van der Waals surface area contributed by atoms with Crippen LogP contribution in [0.3, 0.4) is 0 Å². The number of nitrogens with one attached hydrogen (secondary N) is 1. The average molecular weight is 414 g/mol. The second kappa shape index (κ2) is 10.1. The lowest BCUT2D eigenvalue weighted by molar-refractivity contribution is -0.384. The third-order valence-corrected chi connectivity index (χ3v) is 4.04. The smallest absolute Gasteiger partial charge is 0.344 e. The number of nitro groups is 1. The molecule has 0 aliphatic rings. The van der Waals surface area contributed by atoms with Crippen molar-refractivity contribution in [2.24, 2.45) is 5.92 Å². The number of nitrogens with zero attached hydrogens (tertiary/aromatic N) is 1. The molecule has 0 fully saturated rings. The summed E-state index contributed by atoms with van der Waals surface area (Å²) in [6.07, 6.45) is -1.03. The highest BCUT2D eigenvalue weighted by Gasteiger charge is 2.20. The van der Waals surface area contributed by atoms with E-state index in [9.17, 15) is 24.5 Å². The molecule has 0 saturated heterocycles. The van der Waals surface area contributed by atoms with Gasteiger partial charge in [-0.2, -0.15) is 0 Å². The van der Waals surface area contributed by atoms with E-state index >= 15 is 0 Å². The van der Waals surface area contributed by atoms with Gasteiger partial charge in [-0.25, -0.2) is 4.79 Å². The van der Waals surface area contributed by atoms with Gasteiger partial charge in [0.25, 0.3) is 5.69 Å². The van der Waals surface area contributed by atoms with Crippen molar-refractivity contribution in [1.82, 2.24) is 0 Å². The number of carbonyl (C=O) groups is 3. The Kier molecular flexibility index (Phi) is 7.62. The van der Waals surface area contributed by atoms with Gasteiger partial charge < -0.3 is 14.8 Å². The molecule has 1 atom stereocenters. The number of rotatable bonds is 9. The van der Waals surface area contributed by atoms with Gasteiger partial charge >= 0.3 is 5.97 Å². The summed E-state index contributed by atoms with van der Waals surface area (Å²) < 4.78 is 10.3. The summed E-state index contributed by atoms with van der Waals surface area (Å²) in [5, 5.41) is 13.3. The predicted octanol–water partition coefficient (Wildman–Crippen LogP) is 3.38. The molecule has 0 bridgehead atoms. The molecule has 2 aromatic carbocycles. The number of amides is 1. The van der Waals surface area contributed by atoms with E-state index < -0.39 is 29.4 Å². The predicted molar refractivity (Wildman–Crippen MR) is 108 cm³/mol. The summed E-state index contributed by atoms with van der Waals surface area (Å²) in [6, 6.07) is 11.5. The Labute approximate surface area is 173 Å². The van der Waals surface area contributed by atoms with Crippen LogP contribution in [0.2, 0.25) is 0 Å². The molecule has 9 nitrogen and oxygen atoms in total. The van der Waals surface area contributed by atoms with Gasteiger partial charge in [-0.1, -0.05) is 13.8 Å². The Morgan fingerprint density at radius 2 is 1.60 bits per heavy atom. The molecular weight excluding hydrogens is 392 g/mol. The van der Waals surface area contributed by atoms with Crippen molar-refractivity contribution >= 4 is 29.0 Å². The fraction of sp³-hybridized carbons (Fsp3) is 0.286. The summed E-state index contributed by atoms with van der Waals surface area (Å²) in [5.41, 5.74) is 0.791. The summed E-state index contributed by atoms with van der Waals surface area (Å²) in [6.45, 7) is 4.54. The van der Waals surface area contributed by atoms with Crippen LogP contribution in [-0.4, -0.2) is 35.3 Å². The summed E-state index contributed by atoms with van der Waals surface area (Å²) in [4.78, 5) is 46.1. The Morgan fingerprint density at radius 3 is 2.13 bits per heavy atom. The lowest BCUT2D eigenvalue weighted by Crippen LogP contribution is -2.27. The average Bonchev–Trinajstić information content (AvgIpc) is 2.72. The van der Waals surface area contributed by atoms with Gasteiger partial charge in [-0.3, -0.25) is 19.7 Å². The molecule has 1 amide bonds. The van der Waals surface area contributed by atoms with Crippen LogP contribution >= 0.6 is 0 Å². The fourth-order valence-corrected chi connectivity index (χ4v) is 2.33. The highest BCUT2D eigenvalue weighted by molar-refractivity contribution is 6.01. The van der Waals surface area contributed by atoms with Gasteiger partial charge in [0, 0.05) is 29.3 Å². The van der Waals surface area contributed by atoms with Gasteiger partial charge in [0.1, 0.15) is 5.75 Å². The molecule has 0 spiro atoms. The number of ether oxygens (including phenoxy) is 2. The van der Waals surface area contributed by atoms with Gasteiger partial charge in [0.2, 0.25) is 11.7 Å². The number of Topliss-reactive ketones (excluding diaryl/α,β-unsaturated/α-hetero) is 1. The van der Waals surface area contributed by atoms with E-state index in [-0.39, 0.29) is 23.3 Å². The van der Waals surface area contributed by atoms with Crippen molar-refractivity contribution in [3.8, 4) is 5.75 Å². The Morgan fingerprint density at radius 1 is 1.00 bits per heavy atom. The maximum Gasteiger partial charge on any atom is 0.344 e. The van der Waals surface area contributed by atoms with E-state index in [1.807, 2.05) is 0 Å². The van der Waals surface area contributed by atoms with Gasteiger partial charge in [-0.05, 0) is 43.3 Å². The number of esters is 1. The van der Waals surface area contributed by atoms with E-state index in [0.29, 0.717) is 11.3 Å². The molecule has 0 radical (unpaired) electrons. The number of carbonyl (C=O) groups excluding carboxylic acids is 3. The molecule has 0 aliphatic heterocycles. The molecule has 0 aliphatic carbocycles. The summed E-state index contributed by atoms with van der Waals surface area (Å²) in [7, 11) is 0. The van der Waals surface area contributed by atoms with E-state index in [4.69, 9.17) is 9.47 Å². The van der Waals surface area contributed by atoms with Crippen LogP contribution in [0.15, 0.2) is 48.5 Å². The third-order valence-electron chi connectivity index (χ3n) is 4.04. The van der Waals surface area contributed by atoms with Crippen molar-refractivity contribution in [1.29, 1.82) is 0 Å². The minimum Gasteiger partial charge on any atom is -0.482 e. The maximum atomic E-state index is 12.4. The number of anilines is 1. The van der Waals surface area contributed by atoms with Crippen LogP contribution < -0.4 is 10.1 Å². The van der Waals surface area contributed by atoms with Crippen molar-refractivity contribution in [2.75, 3.05) is 11.9 Å². The van der Waals surface area contributed by atoms with Crippen molar-refractivity contribution < 1.29 is 28.8 Å².